The highest BCUT2D eigenvalue weighted by Gasteiger charge is 2.20. The van der Waals surface area contributed by atoms with Gasteiger partial charge in [-0.25, -0.2) is 0 Å². The predicted molar refractivity (Wildman–Crippen MR) is 129 cm³/mol. The van der Waals surface area contributed by atoms with Crippen LogP contribution in [0.4, 0.5) is 0 Å². The Morgan fingerprint density at radius 1 is 1.28 bits per heavy atom. The lowest BCUT2D eigenvalue weighted by Gasteiger charge is -2.24. The zero-order valence-electron chi connectivity index (χ0n) is 19.0. The van der Waals surface area contributed by atoms with Crippen LogP contribution in [0.25, 0.3) is 16.5 Å². The van der Waals surface area contributed by atoms with Crippen molar-refractivity contribution in [1.29, 1.82) is 5.41 Å². The molecule has 32 heavy (non-hydrogen) atoms. The molecular weight excluding hydrogens is 404 g/mol. The maximum atomic E-state index is 12.6. The average molecular weight is 437 g/mol. The Morgan fingerprint density at radius 3 is 2.62 bits per heavy atom. The zero-order chi connectivity index (χ0) is 23.3. The van der Waals surface area contributed by atoms with Crippen molar-refractivity contribution in [3.8, 4) is 5.75 Å². The van der Waals surface area contributed by atoms with Crippen molar-refractivity contribution in [1.82, 2.24) is 9.88 Å². The number of allylic oxidation sites excluding steroid dienone is 4. The third-order valence-electron chi connectivity index (χ3n) is 5.74. The molecule has 0 bridgehead atoms. The number of benzene rings is 1. The minimum absolute atomic E-state index is 0.140. The highest BCUT2D eigenvalue weighted by Crippen LogP contribution is 2.33. The second-order valence-corrected chi connectivity index (χ2v) is 8.31. The average Bonchev–Trinajstić information content (AvgIpc) is 2.75. The molecule has 3 rings (SSSR count). The van der Waals surface area contributed by atoms with Crippen LogP contribution in [-0.2, 0) is 11.3 Å². The van der Waals surface area contributed by atoms with E-state index in [4.69, 9.17) is 15.9 Å². The molecule has 0 unspecified atom stereocenters. The summed E-state index contributed by atoms with van der Waals surface area (Å²) in [4.78, 5) is 25.1. The van der Waals surface area contributed by atoms with Crippen LogP contribution >= 0.6 is 0 Å². The van der Waals surface area contributed by atoms with E-state index in [-0.39, 0.29) is 17.9 Å². The van der Waals surface area contributed by atoms with Gasteiger partial charge in [0.1, 0.15) is 5.75 Å². The van der Waals surface area contributed by atoms with Gasteiger partial charge in [0, 0.05) is 29.0 Å². The summed E-state index contributed by atoms with van der Waals surface area (Å²) in [6.07, 6.45) is 5.50. The number of ketones is 1. The van der Waals surface area contributed by atoms with Gasteiger partial charge in [-0.1, -0.05) is 6.08 Å². The van der Waals surface area contributed by atoms with Crippen molar-refractivity contribution in [3.05, 3.63) is 58.0 Å². The quantitative estimate of drug-likeness (QED) is 0.435. The first-order valence-corrected chi connectivity index (χ1v) is 11.0. The van der Waals surface area contributed by atoms with Gasteiger partial charge in [0.15, 0.2) is 5.78 Å². The Labute approximate surface area is 188 Å². The molecule has 4 N–H and O–H groups in total. The van der Waals surface area contributed by atoms with Gasteiger partial charge < -0.3 is 25.8 Å². The largest absolute Gasteiger partial charge is 0.493 e. The van der Waals surface area contributed by atoms with E-state index >= 15 is 0 Å². The van der Waals surface area contributed by atoms with Crippen LogP contribution in [0.3, 0.4) is 0 Å². The first-order chi connectivity index (χ1) is 15.3. The number of hydrogen-bond donors (Lipinski definition) is 3. The highest BCUT2D eigenvalue weighted by molar-refractivity contribution is 6.21. The number of carbonyl (C=O) groups is 1. The maximum Gasteiger partial charge on any atom is 0.251 e. The molecule has 0 aliphatic carbocycles. The fraction of sp³-hybridized carbons (Fsp3) is 0.400. The standard InChI is InChI=1S/C25H32N4O3/c1-4-5-20(27)14-29-22-13-23(32-15-18-8-10-28-11-9-18)21(25(16(2)26)17(3)30)12-19(22)6-7-24(29)31/h4-7,12-13,18,27-28H,8-11,14-15,26H2,1-3H3/b5-4-,25-16?,27-20?. The molecule has 1 aliphatic heterocycles. The molecule has 7 nitrogen and oxygen atoms in total. The second kappa shape index (κ2) is 10.4. The predicted octanol–water partition coefficient (Wildman–Crippen LogP) is 3.25. The third-order valence-corrected chi connectivity index (χ3v) is 5.74. The number of fused-ring (bicyclic) bond motifs is 1. The lowest BCUT2D eigenvalue weighted by Crippen LogP contribution is -2.30. The summed E-state index contributed by atoms with van der Waals surface area (Å²) < 4.78 is 7.82. The summed E-state index contributed by atoms with van der Waals surface area (Å²) in [6, 6.07) is 6.88. The number of rotatable bonds is 8. The van der Waals surface area contributed by atoms with Gasteiger partial charge in [0.2, 0.25) is 0 Å². The van der Waals surface area contributed by atoms with Gasteiger partial charge in [0.05, 0.1) is 24.4 Å². The number of aromatic nitrogens is 1. The number of pyridine rings is 1. The first kappa shape index (κ1) is 23.5. The molecule has 0 atom stereocenters. The Bertz CT molecular complexity index is 1130. The van der Waals surface area contributed by atoms with Crippen molar-refractivity contribution < 1.29 is 9.53 Å². The molecule has 0 saturated carbocycles. The summed E-state index contributed by atoms with van der Waals surface area (Å²) in [6.45, 7) is 7.64. The van der Waals surface area contributed by atoms with Gasteiger partial charge in [0.25, 0.3) is 5.56 Å². The molecule has 0 radical (unpaired) electrons. The van der Waals surface area contributed by atoms with Crippen LogP contribution in [0.2, 0.25) is 0 Å². The van der Waals surface area contributed by atoms with E-state index in [2.05, 4.69) is 5.32 Å². The number of nitrogens with zero attached hydrogens (tertiary/aromatic N) is 1. The van der Waals surface area contributed by atoms with E-state index in [1.807, 2.05) is 19.1 Å². The SMILES string of the molecule is C/C=C\C(=N)Cn1c(=O)ccc2cc(C(C(C)=O)=C(C)N)c(OCC3CCNCC3)cc21. The van der Waals surface area contributed by atoms with Crippen LogP contribution in [0, 0.1) is 11.3 Å². The molecular formula is C25H32N4O3. The van der Waals surface area contributed by atoms with Crippen LogP contribution in [-0.4, -0.2) is 35.8 Å². The molecule has 2 heterocycles. The number of carbonyl (C=O) groups excluding carboxylic acids is 1. The Balaban J connectivity index is 2.14. The Kier molecular flexibility index (Phi) is 7.64. The summed E-state index contributed by atoms with van der Waals surface area (Å²) >= 11 is 0. The smallest absolute Gasteiger partial charge is 0.251 e. The minimum Gasteiger partial charge on any atom is -0.493 e. The molecule has 170 valence electrons. The van der Waals surface area contributed by atoms with E-state index < -0.39 is 0 Å². The third kappa shape index (κ3) is 5.34. The molecule has 2 aromatic rings. The topological polar surface area (TPSA) is 110 Å². The van der Waals surface area contributed by atoms with Crippen molar-refractivity contribution >= 4 is 28.0 Å². The molecule has 1 aliphatic rings. The molecule has 1 fully saturated rings. The number of nitrogens with two attached hydrogens (primary N) is 1. The molecule has 1 saturated heterocycles. The summed E-state index contributed by atoms with van der Waals surface area (Å²) in [7, 11) is 0. The van der Waals surface area contributed by atoms with E-state index in [0.717, 1.165) is 31.3 Å². The number of piperidine rings is 1. The fourth-order valence-electron chi connectivity index (χ4n) is 4.16. The number of ether oxygens (including phenoxy) is 1. The van der Waals surface area contributed by atoms with Crippen molar-refractivity contribution in [2.75, 3.05) is 19.7 Å². The number of nitrogens with one attached hydrogen (secondary N) is 2. The Hall–Kier alpha value is -3.19. The van der Waals surface area contributed by atoms with Gasteiger partial charge >= 0.3 is 0 Å². The van der Waals surface area contributed by atoms with Crippen molar-refractivity contribution in [2.45, 2.75) is 40.2 Å². The lowest BCUT2D eigenvalue weighted by molar-refractivity contribution is -0.111. The van der Waals surface area contributed by atoms with Gasteiger partial charge in [-0.05, 0) is 76.2 Å². The Morgan fingerprint density at radius 2 is 2.00 bits per heavy atom. The summed E-state index contributed by atoms with van der Waals surface area (Å²) in [5.74, 6) is 0.812. The van der Waals surface area contributed by atoms with Crippen LogP contribution in [0.15, 0.2) is 46.9 Å². The van der Waals surface area contributed by atoms with E-state index in [1.165, 1.54) is 13.0 Å². The maximum absolute atomic E-state index is 12.6. The zero-order valence-corrected chi connectivity index (χ0v) is 19.0. The van der Waals surface area contributed by atoms with E-state index in [1.54, 1.807) is 29.7 Å². The van der Waals surface area contributed by atoms with Crippen LogP contribution < -0.4 is 21.3 Å². The van der Waals surface area contributed by atoms with Gasteiger partial charge in [-0.15, -0.1) is 0 Å². The highest BCUT2D eigenvalue weighted by atomic mass is 16.5. The molecule has 7 heteroatoms. The van der Waals surface area contributed by atoms with Crippen LogP contribution in [0.5, 0.6) is 5.75 Å². The lowest BCUT2D eigenvalue weighted by atomic mass is 9.96. The molecule has 0 amide bonds. The monoisotopic (exact) mass is 436 g/mol. The summed E-state index contributed by atoms with van der Waals surface area (Å²) in [5, 5.41) is 12.3. The molecule has 1 aromatic heterocycles. The van der Waals surface area contributed by atoms with Crippen LogP contribution in [0.1, 0.15) is 39.2 Å². The van der Waals surface area contributed by atoms with Gasteiger partial charge in [-0.2, -0.15) is 0 Å². The summed E-state index contributed by atoms with van der Waals surface area (Å²) in [5.41, 5.74) is 8.35. The fourth-order valence-corrected chi connectivity index (χ4v) is 4.16. The molecule has 0 spiro atoms. The van der Waals surface area contributed by atoms with Crippen molar-refractivity contribution in [3.63, 3.8) is 0 Å². The van der Waals surface area contributed by atoms with E-state index in [9.17, 15) is 9.59 Å². The normalized spacial score (nSPS) is 15.7. The molecule has 1 aromatic carbocycles. The second-order valence-electron chi connectivity index (χ2n) is 8.31. The van der Waals surface area contributed by atoms with E-state index in [0.29, 0.717) is 46.3 Å². The minimum atomic E-state index is -0.193. The van der Waals surface area contributed by atoms with Crippen molar-refractivity contribution in [2.24, 2.45) is 11.7 Å². The number of Topliss-reactive ketones (excluding diaryl/α,β-unsaturated/α-hetero) is 1. The van der Waals surface area contributed by atoms with Gasteiger partial charge in [-0.3, -0.25) is 9.59 Å². The first-order valence-electron chi connectivity index (χ1n) is 11.0. The number of hydrogen-bond acceptors (Lipinski definition) is 6.